The van der Waals surface area contributed by atoms with Gasteiger partial charge < -0.3 is 19.9 Å². The number of carbonyl (C=O) groups excluding carboxylic acids is 2. The zero-order valence-corrected chi connectivity index (χ0v) is 24.4. The van der Waals surface area contributed by atoms with E-state index in [1.165, 1.54) is 43.6 Å². The van der Waals surface area contributed by atoms with Gasteiger partial charge in [0.25, 0.3) is 5.91 Å². The van der Waals surface area contributed by atoms with Gasteiger partial charge in [0, 0.05) is 75.4 Å². The first-order chi connectivity index (χ1) is 20.0. The minimum atomic E-state index is -4.78. The van der Waals surface area contributed by atoms with Crippen LogP contribution >= 0.6 is 0 Å². The summed E-state index contributed by atoms with van der Waals surface area (Å²) in [7, 11) is 0. The summed E-state index contributed by atoms with van der Waals surface area (Å²) in [6.07, 6.45) is 0.793. The Morgan fingerprint density at radius 1 is 1.05 bits per heavy atom. The molecule has 1 N–H and O–H groups in total. The number of quaternary nitrogens is 1. The van der Waals surface area contributed by atoms with Crippen molar-refractivity contribution in [2.45, 2.75) is 70.8 Å². The first-order valence-corrected chi connectivity index (χ1v) is 15.2. The highest BCUT2D eigenvalue weighted by atomic mass is 19.4. The summed E-state index contributed by atoms with van der Waals surface area (Å²) >= 11 is 0. The van der Waals surface area contributed by atoms with E-state index in [4.69, 9.17) is 0 Å². The van der Waals surface area contributed by atoms with E-state index in [0.29, 0.717) is 50.1 Å². The number of ether oxygens (including phenoxy) is 1. The molecule has 4 saturated heterocycles. The summed E-state index contributed by atoms with van der Waals surface area (Å²) < 4.78 is 42.3. The SMILES string of the molecule is Cc1cc([N+]2([C@@H]3CCNC3)CCC[C@@H]2C)ccc1N1CCC2(CCN(C(=O)c3ccc(OC(F)(F)F)cc3)CC2)C1=O. The summed E-state index contributed by atoms with van der Waals surface area (Å²) in [4.78, 5) is 30.6. The number of alkyl halides is 3. The molecule has 4 aliphatic rings. The number of anilines is 1. The van der Waals surface area contributed by atoms with Gasteiger partial charge in [0.2, 0.25) is 5.91 Å². The second-order valence-electron chi connectivity index (χ2n) is 12.6. The number of hydrogen-bond acceptors (Lipinski definition) is 4. The Hall–Kier alpha value is -3.11. The number of hydrogen-bond donors (Lipinski definition) is 1. The molecule has 2 aromatic carbocycles. The predicted molar refractivity (Wildman–Crippen MR) is 155 cm³/mol. The fraction of sp³-hybridized carbons (Fsp3) is 0.562. The molecule has 10 heteroatoms. The van der Waals surface area contributed by atoms with Gasteiger partial charge in [0.1, 0.15) is 17.5 Å². The highest BCUT2D eigenvalue weighted by Gasteiger charge is 2.51. The van der Waals surface area contributed by atoms with Gasteiger partial charge in [-0.05, 0) is 69.0 Å². The quantitative estimate of drug-likeness (QED) is 0.478. The van der Waals surface area contributed by atoms with Crippen LogP contribution in [-0.4, -0.2) is 74.4 Å². The third-order valence-electron chi connectivity index (χ3n) is 10.4. The second-order valence-corrected chi connectivity index (χ2v) is 12.6. The van der Waals surface area contributed by atoms with Gasteiger partial charge in [0.05, 0.1) is 18.0 Å². The van der Waals surface area contributed by atoms with E-state index < -0.39 is 11.8 Å². The average molecular weight is 586 g/mol. The Kier molecular flexibility index (Phi) is 7.50. The van der Waals surface area contributed by atoms with Gasteiger partial charge in [-0.2, -0.15) is 0 Å². The van der Waals surface area contributed by atoms with Crippen LogP contribution < -0.4 is 19.4 Å². The van der Waals surface area contributed by atoms with Crippen LogP contribution in [0.3, 0.4) is 0 Å². The van der Waals surface area contributed by atoms with Crippen LogP contribution in [0.4, 0.5) is 24.5 Å². The molecule has 6 rings (SSSR count). The van der Waals surface area contributed by atoms with Crippen LogP contribution in [0, 0.1) is 12.3 Å². The lowest BCUT2D eigenvalue weighted by atomic mass is 9.77. The Balaban J connectivity index is 1.13. The van der Waals surface area contributed by atoms with E-state index in [-0.39, 0.29) is 17.6 Å². The fourth-order valence-electron chi connectivity index (χ4n) is 8.10. The number of amides is 2. The molecule has 0 bridgehead atoms. The number of benzene rings is 2. The number of likely N-dealkylation sites (tertiary alicyclic amines) is 2. The maximum atomic E-state index is 13.9. The Labute approximate surface area is 245 Å². The molecular formula is C32H40F3N4O3+. The van der Waals surface area contributed by atoms with Crippen molar-refractivity contribution in [2.24, 2.45) is 5.41 Å². The Morgan fingerprint density at radius 3 is 2.36 bits per heavy atom. The molecular weight excluding hydrogens is 545 g/mol. The summed E-state index contributed by atoms with van der Waals surface area (Å²) in [5.74, 6) is -0.473. The summed E-state index contributed by atoms with van der Waals surface area (Å²) in [6.45, 7) is 9.33. The number of carbonyl (C=O) groups is 2. The molecule has 3 atom stereocenters. The predicted octanol–water partition coefficient (Wildman–Crippen LogP) is 5.40. The molecule has 0 aromatic heterocycles. The van der Waals surface area contributed by atoms with E-state index >= 15 is 0 Å². The standard InChI is InChI=1S/C32H40F3N4O3/c1-22-20-25(39(19-3-4-23(39)2)26-11-15-36-21-26)7-10-28(22)38-18-14-31(30(38)41)12-16-37(17-13-31)29(40)24-5-8-27(9-6-24)42-32(33,34)35/h5-10,20,23,26,36H,3-4,11-19,21H2,1-2H3/q+1/t23-,26+,39?/m0/s1. The van der Waals surface area contributed by atoms with Crippen molar-refractivity contribution in [3.8, 4) is 5.75 Å². The van der Waals surface area contributed by atoms with E-state index in [0.717, 1.165) is 47.4 Å². The molecule has 4 fully saturated rings. The summed E-state index contributed by atoms with van der Waals surface area (Å²) in [6, 6.07) is 12.9. The number of nitrogens with one attached hydrogen (secondary N) is 1. The average Bonchev–Trinajstić information content (AvgIpc) is 3.70. The van der Waals surface area contributed by atoms with Crippen LogP contribution in [-0.2, 0) is 4.79 Å². The number of rotatable bonds is 5. The molecule has 0 radical (unpaired) electrons. The molecule has 42 heavy (non-hydrogen) atoms. The topological polar surface area (TPSA) is 61.9 Å². The van der Waals surface area contributed by atoms with Crippen LogP contribution in [0.25, 0.3) is 0 Å². The van der Waals surface area contributed by atoms with Gasteiger partial charge in [-0.25, -0.2) is 0 Å². The zero-order valence-electron chi connectivity index (χ0n) is 24.4. The van der Waals surface area contributed by atoms with Gasteiger partial charge >= 0.3 is 6.36 Å². The molecule has 2 aromatic rings. The Bertz CT molecular complexity index is 1330. The van der Waals surface area contributed by atoms with Gasteiger partial charge in [-0.3, -0.25) is 14.1 Å². The zero-order chi connectivity index (χ0) is 29.7. The lowest BCUT2D eigenvalue weighted by Gasteiger charge is -2.43. The third kappa shape index (κ3) is 5.06. The smallest absolute Gasteiger partial charge is 0.406 e. The van der Waals surface area contributed by atoms with E-state index in [1.807, 2.05) is 4.90 Å². The molecule has 0 saturated carbocycles. The number of nitrogens with zero attached hydrogens (tertiary/aromatic N) is 3. The molecule has 4 heterocycles. The van der Waals surface area contributed by atoms with Gasteiger partial charge in [-0.15, -0.1) is 13.2 Å². The third-order valence-corrected chi connectivity index (χ3v) is 10.4. The maximum absolute atomic E-state index is 13.9. The van der Waals surface area contributed by atoms with Gasteiger partial charge in [0.15, 0.2) is 0 Å². The molecule has 4 aliphatic heterocycles. The van der Waals surface area contributed by atoms with Crippen molar-refractivity contribution in [2.75, 3.05) is 44.2 Å². The molecule has 1 spiro atoms. The minimum absolute atomic E-state index is 0.137. The van der Waals surface area contributed by atoms with Crippen molar-refractivity contribution in [3.63, 3.8) is 0 Å². The first kappa shape index (κ1) is 29.0. The van der Waals surface area contributed by atoms with E-state index in [1.54, 1.807) is 4.90 Å². The van der Waals surface area contributed by atoms with E-state index in [2.05, 4.69) is 42.1 Å². The van der Waals surface area contributed by atoms with Crippen molar-refractivity contribution in [3.05, 3.63) is 53.6 Å². The largest absolute Gasteiger partial charge is 0.573 e. The van der Waals surface area contributed by atoms with Gasteiger partial charge in [-0.1, -0.05) is 0 Å². The fourth-order valence-corrected chi connectivity index (χ4v) is 8.10. The lowest BCUT2D eigenvalue weighted by molar-refractivity contribution is -0.274. The number of piperidine rings is 1. The monoisotopic (exact) mass is 585 g/mol. The molecule has 226 valence electrons. The highest BCUT2D eigenvalue weighted by molar-refractivity contribution is 6.01. The first-order valence-electron chi connectivity index (χ1n) is 15.2. The van der Waals surface area contributed by atoms with Crippen molar-refractivity contribution in [1.82, 2.24) is 14.7 Å². The molecule has 2 amide bonds. The van der Waals surface area contributed by atoms with Crippen LogP contribution in [0.2, 0.25) is 0 Å². The summed E-state index contributed by atoms with van der Waals surface area (Å²) in [5, 5.41) is 3.57. The van der Waals surface area contributed by atoms with Crippen molar-refractivity contribution >= 4 is 23.2 Å². The van der Waals surface area contributed by atoms with Crippen LogP contribution in [0.5, 0.6) is 5.75 Å². The number of halogens is 3. The number of aryl methyl sites for hydroxylation is 1. The van der Waals surface area contributed by atoms with E-state index in [9.17, 15) is 22.8 Å². The normalized spacial score (nSPS) is 27.7. The van der Waals surface area contributed by atoms with Crippen molar-refractivity contribution in [1.29, 1.82) is 0 Å². The van der Waals surface area contributed by atoms with Crippen molar-refractivity contribution < 1.29 is 27.5 Å². The lowest BCUT2D eigenvalue weighted by Crippen LogP contribution is -2.59. The van der Waals surface area contributed by atoms with Crippen LogP contribution in [0.1, 0.15) is 61.4 Å². The second kappa shape index (κ2) is 10.9. The Morgan fingerprint density at radius 2 is 1.76 bits per heavy atom. The minimum Gasteiger partial charge on any atom is -0.406 e. The summed E-state index contributed by atoms with van der Waals surface area (Å²) in [5.41, 5.74) is 3.29. The maximum Gasteiger partial charge on any atom is 0.573 e. The van der Waals surface area contributed by atoms with Crippen LogP contribution in [0.15, 0.2) is 42.5 Å². The molecule has 1 unspecified atom stereocenters. The molecule has 7 nitrogen and oxygen atoms in total. The molecule has 0 aliphatic carbocycles. The highest BCUT2D eigenvalue weighted by Crippen LogP contribution is 2.46.